The third kappa shape index (κ3) is 0.318. The Labute approximate surface area is 30.3 Å². The van der Waals surface area contributed by atoms with Gasteiger partial charge in [-0.15, -0.1) is 0 Å². The first-order valence-corrected chi connectivity index (χ1v) is 1.62. The predicted octanol–water partition coefficient (Wildman–Crippen LogP) is 1.28. The summed E-state index contributed by atoms with van der Waals surface area (Å²) in [6, 6.07) is 0. The van der Waals surface area contributed by atoms with Crippen LogP contribution in [-0.2, 0) is 0 Å². The number of halogens is 1. The maximum atomic E-state index is 11.4. The minimum Gasteiger partial charge on any atom is -0.242 e. The average molecular weight is 72.1 g/mol. The second kappa shape index (κ2) is 0.588. The van der Waals surface area contributed by atoms with E-state index in [1.54, 1.807) is 0 Å². The van der Waals surface area contributed by atoms with Gasteiger partial charge in [-0.1, -0.05) is 6.58 Å². The largest absolute Gasteiger partial charge is 0.242 e. The summed E-state index contributed by atoms with van der Waals surface area (Å²) in [7, 11) is 0. The molecule has 0 saturated heterocycles. The van der Waals surface area contributed by atoms with E-state index in [1.165, 1.54) is 0 Å². The van der Waals surface area contributed by atoms with Crippen LogP contribution in [0.4, 0.5) is 4.39 Å². The molecule has 0 aliphatic heterocycles. The van der Waals surface area contributed by atoms with Gasteiger partial charge in [-0.05, 0) is 5.57 Å². The summed E-state index contributed by atoms with van der Waals surface area (Å²) >= 11 is 0. The lowest BCUT2D eigenvalue weighted by atomic mass is 10.7. The van der Waals surface area contributed by atoms with Crippen molar-refractivity contribution in [3.05, 3.63) is 12.2 Å². The molecule has 0 aromatic heterocycles. The van der Waals surface area contributed by atoms with Crippen molar-refractivity contribution in [3.63, 3.8) is 0 Å². The Morgan fingerprint density at radius 3 is 2.20 bits per heavy atom. The molecule has 1 aliphatic rings. The van der Waals surface area contributed by atoms with Gasteiger partial charge in [0.25, 0.3) is 0 Å². The lowest BCUT2D eigenvalue weighted by Gasteiger charge is -1.54. The van der Waals surface area contributed by atoms with Crippen LogP contribution in [0.5, 0.6) is 0 Å². The van der Waals surface area contributed by atoms with Gasteiger partial charge in [0.1, 0.15) is 6.17 Å². The average Bonchev–Trinajstić information content (AvgIpc) is 1.79. The number of allylic oxidation sites excluding steroid dienone is 1. The van der Waals surface area contributed by atoms with Crippen molar-refractivity contribution in [1.29, 1.82) is 0 Å². The molecule has 1 unspecified atom stereocenters. The van der Waals surface area contributed by atoms with Crippen LogP contribution in [0.25, 0.3) is 0 Å². The van der Waals surface area contributed by atoms with Gasteiger partial charge < -0.3 is 0 Å². The Bertz CT molecular complexity index is 66.0. The number of hydrogen-bond donors (Lipinski definition) is 0. The molecule has 1 aliphatic carbocycles. The topological polar surface area (TPSA) is 0 Å². The fraction of sp³-hybridized carbons (Fsp3) is 0.500. The summed E-state index contributed by atoms with van der Waals surface area (Å²) < 4.78 is 11.4. The first kappa shape index (κ1) is 2.88. The third-order valence-electron chi connectivity index (χ3n) is 0.724. The normalized spacial score (nSPS) is 34.6. The number of alkyl halides is 1. The van der Waals surface area contributed by atoms with Crippen molar-refractivity contribution >= 4 is 0 Å². The minimum atomic E-state index is -0.644. The van der Waals surface area contributed by atoms with Crippen molar-refractivity contribution in [2.75, 3.05) is 0 Å². The molecule has 28 valence electrons. The maximum Gasteiger partial charge on any atom is 0.125 e. The van der Waals surface area contributed by atoms with Crippen molar-refractivity contribution < 1.29 is 4.39 Å². The Kier molecular flexibility index (Phi) is 0.339. The zero-order chi connectivity index (χ0) is 3.86. The molecule has 1 fully saturated rings. The molecule has 0 aromatic rings. The smallest absolute Gasteiger partial charge is 0.125 e. The van der Waals surface area contributed by atoms with Crippen molar-refractivity contribution in [2.24, 2.45) is 0 Å². The van der Waals surface area contributed by atoms with Crippen LogP contribution in [0.3, 0.4) is 0 Å². The van der Waals surface area contributed by atoms with Crippen LogP contribution in [0.1, 0.15) is 6.42 Å². The van der Waals surface area contributed by atoms with Gasteiger partial charge in [-0.25, -0.2) is 4.39 Å². The van der Waals surface area contributed by atoms with Gasteiger partial charge in [0.15, 0.2) is 0 Å². The zero-order valence-corrected chi connectivity index (χ0v) is 2.87. The fourth-order valence-electron chi connectivity index (χ4n) is 0.171. The van der Waals surface area contributed by atoms with E-state index >= 15 is 0 Å². The van der Waals surface area contributed by atoms with E-state index in [1.807, 2.05) is 0 Å². The molecule has 1 saturated carbocycles. The highest BCUT2D eigenvalue weighted by atomic mass is 19.1. The lowest BCUT2D eigenvalue weighted by molar-refractivity contribution is 0.495. The van der Waals surface area contributed by atoms with Crippen LogP contribution in [0.15, 0.2) is 12.2 Å². The van der Waals surface area contributed by atoms with E-state index < -0.39 is 6.17 Å². The monoisotopic (exact) mass is 72.0 g/mol. The summed E-state index contributed by atoms with van der Waals surface area (Å²) in [5.41, 5.74) is 0.755. The van der Waals surface area contributed by atoms with Gasteiger partial charge in [0.2, 0.25) is 0 Å². The lowest BCUT2D eigenvalue weighted by Crippen LogP contribution is -1.52. The molecular formula is C4H5F. The Balaban J connectivity index is 2.47. The van der Waals surface area contributed by atoms with E-state index in [0.29, 0.717) is 6.42 Å². The van der Waals surface area contributed by atoms with Gasteiger partial charge >= 0.3 is 0 Å². The molecule has 1 atom stereocenters. The summed E-state index contributed by atoms with van der Waals surface area (Å²) in [6.45, 7) is 3.37. The highest BCUT2D eigenvalue weighted by Gasteiger charge is 2.25. The van der Waals surface area contributed by atoms with Crippen LogP contribution in [0.2, 0.25) is 0 Å². The fourth-order valence-corrected chi connectivity index (χ4v) is 0.171. The Hall–Kier alpha value is -0.330. The summed E-state index contributed by atoms with van der Waals surface area (Å²) in [5.74, 6) is 0. The summed E-state index contributed by atoms with van der Waals surface area (Å²) in [6.07, 6.45) is -0.0324. The minimum absolute atomic E-state index is 0.611. The van der Waals surface area contributed by atoms with Crippen LogP contribution in [-0.4, -0.2) is 6.17 Å². The second-order valence-electron chi connectivity index (χ2n) is 1.33. The molecule has 1 heteroatoms. The van der Waals surface area contributed by atoms with Gasteiger partial charge in [0.05, 0.1) is 0 Å². The molecule has 0 radical (unpaired) electrons. The van der Waals surface area contributed by atoms with E-state index in [4.69, 9.17) is 0 Å². The first-order chi connectivity index (χ1) is 2.30. The van der Waals surface area contributed by atoms with Crippen molar-refractivity contribution in [2.45, 2.75) is 12.6 Å². The molecule has 0 aromatic carbocycles. The van der Waals surface area contributed by atoms with Crippen LogP contribution >= 0.6 is 0 Å². The quantitative estimate of drug-likeness (QED) is 0.378. The molecule has 0 spiro atoms. The summed E-state index contributed by atoms with van der Waals surface area (Å²) in [4.78, 5) is 0. The molecule has 5 heavy (non-hydrogen) atoms. The SMILES string of the molecule is C=C1CC1F. The number of rotatable bonds is 0. The van der Waals surface area contributed by atoms with E-state index in [9.17, 15) is 4.39 Å². The highest BCUT2D eigenvalue weighted by molar-refractivity contribution is 5.20. The van der Waals surface area contributed by atoms with E-state index in [-0.39, 0.29) is 0 Å². The van der Waals surface area contributed by atoms with Gasteiger partial charge in [0, 0.05) is 6.42 Å². The van der Waals surface area contributed by atoms with Gasteiger partial charge in [-0.2, -0.15) is 0 Å². The van der Waals surface area contributed by atoms with E-state index in [0.717, 1.165) is 5.57 Å². The molecule has 0 heterocycles. The third-order valence-corrected chi connectivity index (χ3v) is 0.724. The first-order valence-electron chi connectivity index (χ1n) is 1.62. The number of hydrogen-bond acceptors (Lipinski definition) is 0. The zero-order valence-electron chi connectivity index (χ0n) is 2.87. The predicted molar refractivity (Wildman–Crippen MR) is 18.7 cm³/mol. The Morgan fingerprint density at radius 1 is 2.00 bits per heavy atom. The van der Waals surface area contributed by atoms with Crippen molar-refractivity contribution in [3.8, 4) is 0 Å². The van der Waals surface area contributed by atoms with Crippen molar-refractivity contribution in [1.82, 2.24) is 0 Å². The summed E-state index contributed by atoms with van der Waals surface area (Å²) in [5, 5.41) is 0. The molecule has 0 N–H and O–H groups in total. The molecule has 0 bridgehead atoms. The molecular weight excluding hydrogens is 67.0 g/mol. The molecule has 1 rings (SSSR count). The van der Waals surface area contributed by atoms with Gasteiger partial charge in [-0.3, -0.25) is 0 Å². The van der Waals surface area contributed by atoms with E-state index in [2.05, 4.69) is 6.58 Å². The maximum absolute atomic E-state index is 11.4. The molecule has 0 amide bonds. The highest BCUT2D eigenvalue weighted by Crippen LogP contribution is 2.29. The standard InChI is InChI=1S/C4H5F/c1-3-2-4(3)5/h4H,1-2H2. The second-order valence-corrected chi connectivity index (χ2v) is 1.33. The van der Waals surface area contributed by atoms with Crippen LogP contribution < -0.4 is 0 Å². The van der Waals surface area contributed by atoms with Crippen LogP contribution in [0, 0.1) is 0 Å². The molecule has 0 nitrogen and oxygen atoms in total. The Morgan fingerprint density at radius 2 is 2.20 bits per heavy atom.